The van der Waals surface area contributed by atoms with E-state index in [-0.39, 0.29) is 16.5 Å². The van der Waals surface area contributed by atoms with E-state index in [1.807, 2.05) is 0 Å². The van der Waals surface area contributed by atoms with Gasteiger partial charge in [-0.05, 0) is 12.1 Å². The number of nitrogens with zero attached hydrogens (tertiary/aromatic N) is 2. The van der Waals surface area contributed by atoms with Gasteiger partial charge in [-0.3, -0.25) is 4.79 Å². The van der Waals surface area contributed by atoms with E-state index in [2.05, 4.69) is 10.3 Å². The minimum atomic E-state index is -4.55. The summed E-state index contributed by atoms with van der Waals surface area (Å²) in [4.78, 5) is 16.4. The minimum absolute atomic E-state index is 0.0174. The van der Waals surface area contributed by atoms with Gasteiger partial charge in [-0.25, -0.2) is 4.98 Å². The maximum atomic E-state index is 12.4. The van der Waals surface area contributed by atoms with Crippen LogP contribution in [0.15, 0.2) is 12.1 Å². The molecular formula is C11H13ClF3N3O2. The molecule has 1 aromatic heterocycles. The number of pyridine rings is 1. The zero-order valence-electron chi connectivity index (χ0n) is 10.5. The summed E-state index contributed by atoms with van der Waals surface area (Å²) in [6.45, 7) is -2.44. The van der Waals surface area contributed by atoms with Crippen molar-refractivity contribution < 1.29 is 23.1 Å². The fourth-order valence-electron chi connectivity index (χ4n) is 1.52. The lowest BCUT2D eigenvalue weighted by atomic mass is 10.2. The van der Waals surface area contributed by atoms with Gasteiger partial charge in [-0.1, -0.05) is 11.6 Å². The fraction of sp³-hybridized carbons (Fsp3) is 0.455. The molecule has 0 saturated heterocycles. The topological polar surface area (TPSA) is 65.5 Å². The number of alkyl halides is 3. The average molecular weight is 312 g/mol. The molecule has 20 heavy (non-hydrogen) atoms. The minimum Gasteiger partial charge on any atom is -0.395 e. The van der Waals surface area contributed by atoms with Crippen molar-refractivity contribution in [3.8, 4) is 0 Å². The van der Waals surface area contributed by atoms with Crippen molar-refractivity contribution in [3.63, 3.8) is 0 Å². The molecule has 0 bridgehead atoms. The lowest BCUT2D eigenvalue weighted by molar-refractivity contribution is -0.141. The molecule has 112 valence electrons. The Hall–Kier alpha value is -1.54. The van der Waals surface area contributed by atoms with Crippen LogP contribution in [0.4, 0.5) is 19.0 Å². The number of hydrogen-bond donors (Lipinski definition) is 2. The maximum Gasteiger partial charge on any atom is 0.406 e. The third-order valence-electron chi connectivity index (χ3n) is 2.32. The summed E-state index contributed by atoms with van der Waals surface area (Å²) in [7, 11) is 1.54. The highest BCUT2D eigenvalue weighted by molar-refractivity contribution is 6.29. The van der Waals surface area contributed by atoms with Crippen LogP contribution >= 0.6 is 11.6 Å². The fourth-order valence-corrected chi connectivity index (χ4v) is 1.73. The highest BCUT2D eigenvalue weighted by Crippen LogP contribution is 2.20. The molecule has 0 aliphatic carbocycles. The molecule has 0 atom stereocenters. The summed E-state index contributed by atoms with van der Waals surface area (Å²) in [5.41, 5.74) is -0.0351. The first-order valence-corrected chi connectivity index (χ1v) is 5.97. The van der Waals surface area contributed by atoms with Crippen molar-refractivity contribution in [1.82, 2.24) is 9.88 Å². The SMILES string of the molecule is CNc1cc(C(=O)N(CCO)CC(F)(F)F)cc(Cl)n1. The number of aliphatic hydroxyl groups is 1. The summed E-state index contributed by atoms with van der Waals surface area (Å²) in [5.74, 6) is -0.617. The van der Waals surface area contributed by atoms with Crippen LogP contribution < -0.4 is 5.32 Å². The number of halogens is 4. The van der Waals surface area contributed by atoms with Crippen molar-refractivity contribution in [2.75, 3.05) is 32.1 Å². The van der Waals surface area contributed by atoms with Crippen LogP contribution in [-0.4, -0.2) is 53.8 Å². The smallest absolute Gasteiger partial charge is 0.395 e. The van der Waals surface area contributed by atoms with Gasteiger partial charge in [-0.15, -0.1) is 0 Å². The Morgan fingerprint density at radius 2 is 2.15 bits per heavy atom. The Kier molecular flexibility index (Phi) is 5.58. The molecule has 0 saturated carbocycles. The van der Waals surface area contributed by atoms with Crippen molar-refractivity contribution >= 4 is 23.3 Å². The number of aliphatic hydroxyl groups excluding tert-OH is 1. The number of rotatable bonds is 5. The van der Waals surface area contributed by atoms with Crippen LogP contribution in [0.25, 0.3) is 0 Å². The molecule has 0 fully saturated rings. The van der Waals surface area contributed by atoms with Gasteiger partial charge in [0.05, 0.1) is 6.61 Å². The third kappa shape index (κ3) is 4.86. The lowest BCUT2D eigenvalue weighted by Gasteiger charge is -2.23. The number of aromatic nitrogens is 1. The van der Waals surface area contributed by atoms with E-state index in [1.54, 1.807) is 0 Å². The van der Waals surface area contributed by atoms with Crippen molar-refractivity contribution in [2.24, 2.45) is 0 Å². The summed E-state index contributed by atoms with van der Waals surface area (Å²) in [5, 5.41) is 11.4. The second-order valence-corrected chi connectivity index (χ2v) is 4.27. The third-order valence-corrected chi connectivity index (χ3v) is 2.52. The van der Waals surface area contributed by atoms with E-state index in [0.717, 1.165) is 0 Å². The molecule has 0 spiro atoms. The number of nitrogens with one attached hydrogen (secondary N) is 1. The first-order valence-electron chi connectivity index (χ1n) is 5.59. The van der Waals surface area contributed by atoms with Gasteiger partial charge < -0.3 is 15.3 Å². The van der Waals surface area contributed by atoms with E-state index in [1.165, 1.54) is 19.2 Å². The number of amides is 1. The maximum absolute atomic E-state index is 12.4. The van der Waals surface area contributed by atoms with Crippen LogP contribution in [0.1, 0.15) is 10.4 Å². The molecular weight excluding hydrogens is 299 g/mol. The molecule has 0 radical (unpaired) electrons. The van der Waals surface area contributed by atoms with Crippen molar-refractivity contribution in [1.29, 1.82) is 0 Å². The molecule has 1 rings (SSSR count). The van der Waals surface area contributed by atoms with Crippen LogP contribution in [0.2, 0.25) is 5.15 Å². The second kappa shape index (κ2) is 6.76. The van der Waals surface area contributed by atoms with E-state index in [9.17, 15) is 18.0 Å². The Labute approximate surface area is 118 Å². The van der Waals surface area contributed by atoms with E-state index in [4.69, 9.17) is 16.7 Å². The predicted molar refractivity (Wildman–Crippen MR) is 67.8 cm³/mol. The monoisotopic (exact) mass is 311 g/mol. The Morgan fingerprint density at radius 3 is 2.65 bits per heavy atom. The van der Waals surface area contributed by atoms with Crippen LogP contribution in [-0.2, 0) is 0 Å². The van der Waals surface area contributed by atoms with Gasteiger partial charge in [0.25, 0.3) is 5.91 Å². The molecule has 0 unspecified atom stereocenters. The normalized spacial score (nSPS) is 11.3. The molecule has 1 heterocycles. The van der Waals surface area contributed by atoms with E-state index in [0.29, 0.717) is 4.90 Å². The Balaban J connectivity index is 3.02. The van der Waals surface area contributed by atoms with E-state index < -0.39 is 31.8 Å². The highest BCUT2D eigenvalue weighted by Gasteiger charge is 2.33. The van der Waals surface area contributed by atoms with Crippen molar-refractivity contribution in [2.45, 2.75) is 6.18 Å². The standard InChI is InChI=1S/C11H13ClF3N3O2/c1-16-9-5-7(4-8(12)17-9)10(20)18(2-3-19)6-11(13,14)15/h4-5,19H,2-3,6H2,1H3,(H,16,17). The zero-order valence-corrected chi connectivity index (χ0v) is 11.3. The molecule has 9 heteroatoms. The summed E-state index contributed by atoms with van der Waals surface area (Å²) < 4.78 is 37.2. The second-order valence-electron chi connectivity index (χ2n) is 3.88. The first-order chi connectivity index (χ1) is 9.26. The molecule has 5 nitrogen and oxygen atoms in total. The molecule has 1 amide bonds. The highest BCUT2D eigenvalue weighted by atomic mass is 35.5. The number of carbonyl (C=O) groups is 1. The molecule has 0 aromatic carbocycles. The van der Waals surface area contributed by atoms with Gasteiger partial charge >= 0.3 is 6.18 Å². The summed E-state index contributed by atoms with van der Waals surface area (Å²) in [6, 6.07) is 2.46. The lowest BCUT2D eigenvalue weighted by Crippen LogP contribution is -2.40. The van der Waals surface area contributed by atoms with Crippen LogP contribution in [0.5, 0.6) is 0 Å². The van der Waals surface area contributed by atoms with E-state index >= 15 is 0 Å². The quantitative estimate of drug-likeness (QED) is 0.814. The summed E-state index contributed by atoms with van der Waals surface area (Å²) >= 11 is 5.69. The van der Waals surface area contributed by atoms with Gasteiger partial charge in [-0.2, -0.15) is 13.2 Å². The number of anilines is 1. The summed E-state index contributed by atoms with van der Waals surface area (Å²) in [6.07, 6.45) is -4.55. The number of carbonyl (C=O) groups excluding carboxylic acids is 1. The van der Waals surface area contributed by atoms with Gasteiger partial charge in [0.2, 0.25) is 0 Å². The Bertz CT molecular complexity index is 482. The van der Waals surface area contributed by atoms with Gasteiger partial charge in [0.15, 0.2) is 0 Å². The molecule has 2 N–H and O–H groups in total. The van der Waals surface area contributed by atoms with Gasteiger partial charge in [0.1, 0.15) is 17.5 Å². The largest absolute Gasteiger partial charge is 0.406 e. The zero-order chi connectivity index (χ0) is 15.3. The predicted octanol–water partition coefficient (Wildman–Crippen LogP) is 1.77. The van der Waals surface area contributed by atoms with Gasteiger partial charge in [0, 0.05) is 19.2 Å². The van der Waals surface area contributed by atoms with Crippen molar-refractivity contribution in [3.05, 3.63) is 22.8 Å². The van der Waals surface area contributed by atoms with Crippen LogP contribution in [0.3, 0.4) is 0 Å². The van der Waals surface area contributed by atoms with Crippen LogP contribution in [0, 0.1) is 0 Å². The molecule has 1 aromatic rings. The first kappa shape index (κ1) is 16.5. The molecule has 0 aliphatic rings. The molecule has 0 aliphatic heterocycles. The average Bonchev–Trinajstić information content (AvgIpc) is 2.35. The number of hydrogen-bond acceptors (Lipinski definition) is 4. The Morgan fingerprint density at radius 1 is 1.50 bits per heavy atom.